The molecule has 0 fully saturated rings. The van der Waals surface area contributed by atoms with Crippen molar-refractivity contribution in [3.8, 4) is 17.1 Å². The van der Waals surface area contributed by atoms with E-state index in [1.807, 2.05) is 0 Å². The lowest BCUT2D eigenvalue weighted by atomic mass is 10.2. The third-order valence-corrected chi connectivity index (χ3v) is 2.86. The van der Waals surface area contributed by atoms with Gasteiger partial charge in [0.25, 0.3) is 0 Å². The summed E-state index contributed by atoms with van der Waals surface area (Å²) in [5.41, 5.74) is 0.293. The number of hydrogen-bond acceptors (Lipinski definition) is 2. The van der Waals surface area contributed by atoms with E-state index in [1.165, 1.54) is 18.2 Å². The molecule has 2 aromatic carbocycles. The molecule has 1 heterocycles. The summed E-state index contributed by atoms with van der Waals surface area (Å²) in [5, 5.41) is 0. The van der Waals surface area contributed by atoms with Gasteiger partial charge in [0.05, 0.1) is 11.1 Å². The van der Waals surface area contributed by atoms with Gasteiger partial charge in [-0.2, -0.15) is 8.78 Å². The highest BCUT2D eigenvalue weighted by atomic mass is 19.3. The number of alkyl halides is 2. The van der Waals surface area contributed by atoms with Gasteiger partial charge < -0.3 is 9.72 Å². The van der Waals surface area contributed by atoms with Crippen LogP contribution in [0.2, 0.25) is 0 Å². The molecular weight excluding hydrogens is 288 g/mol. The van der Waals surface area contributed by atoms with E-state index >= 15 is 0 Å². The van der Waals surface area contributed by atoms with Crippen LogP contribution in [0.5, 0.6) is 5.75 Å². The molecule has 21 heavy (non-hydrogen) atoms. The van der Waals surface area contributed by atoms with Gasteiger partial charge in [-0.15, -0.1) is 0 Å². The number of aromatic amines is 1. The zero-order chi connectivity index (χ0) is 15.0. The number of ether oxygens (including phenoxy) is 1. The SMILES string of the molecule is Fc1cc(F)c2nc(-c3ccccc3OC(F)F)[nH]c2c1. The van der Waals surface area contributed by atoms with E-state index < -0.39 is 18.2 Å². The molecule has 0 unspecified atom stereocenters. The topological polar surface area (TPSA) is 37.9 Å². The lowest BCUT2D eigenvalue weighted by Gasteiger charge is -2.08. The number of benzene rings is 2. The number of imidazole rings is 1. The van der Waals surface area contributed by atoms with Crippen molar-refractivity contribution in [2.75, 3.05) is 0 Å². The second-order valence-corrected chi connectivity index (χ2v) is 4.24. The van der Waals surface area contributed by atoms with Crippen molar-refractivity contribution in [2.45, 2.75) is 6.61 Å². The van der Waals surface area contributed by atoms with Crippen LogP contribution in [0.4, 0.5) is 17.6 Å². The van der Waals surface area contributed by atoms with Crippen molar-refractivity contribution < 1.29 is 22.3 Å². The average molecular weight is 296 g/mol. The molecule has 0 atom stereocenters. The fourth-order valence-electron chi connectivity index (χ4n) is 2.03. The van der Waals surface area contributed by atoms with Crippen molar-refractivity contribution in [1.82, 2.24) is 9.97 Å². The Kier molecular flexibility index (Phi) is 3.25. The van der Waals surface area contributed by atoms with Crippen molar-refractivity contribution in [3.05, 3.63) is 48.0 Å². The number of fused-ring (bicyclic) bond motifs is 1. The summed E-state index contributed by atoms with van der Waals surface area (Å²) in [5.74, 6) is -1.58. The Morgan fingerprint density at radius 3 is 2.62 bits per heavy atom. The number of para-hydroxylation sites is 1. The summed E-state index contributed by atoms with van der Waals surface area (Å²) in [7, 11) is 0. The zero-order valence-electron chi connectivity index (χ0n) is 10.4. The highest BCUT2D eigenvalue weighted by molar-refractivity contribution is 5.81. The maximum atomic E-state index is 13.6. The molecule has 3 nitrogen and oxygen atoms in total. The van der Waals surface area contributed by atoms with E-state index in [9.17, 15) is 17.6 Å². The summed E-state index contributed by atoms with van der Waals surface area (Å²) in [6, 6.07) is 7.72. The Hall–Kier alpha value is -2.57. The number of rotatable bonds is 3. The van der Waals surface area contributed by atoms with Gasteiger partial charge in [-0.05, 0) is 18.2 Å². The maximum absolute atomic E-state index is 13.6. The lowest BCUT2D eigenvalue weighted by Crippen LogP contribution is -2.03. The van der Waals surface area contributed by atoms with Crippen molar-refractivity contribution in [2.24, 2.45) is 0 Å². The molecule has 0 aliphatic rings. The zero-order valence-corrected chi connectivity index (χ0v) is 10.4. The van der Waals surface area contributed by atoms with Crippen LogP contribution in [0.3, 0.4) is 0 Å². The van der Waals surface area contributed by atoms with Crippen molar-refractivity contribution in [1.29, 1.82) is 0 Å². The molecule has 1 N–H and O–H groups in total. The van der Waals surface area contributed by atoms with Crippen LogP contribution in [0.15, 0.2) is 36.4 Å². The van der Waals surface area contributed by atoms with Crippen LogP contribution in [0, 0.1) is 11.6 Å². The van der Waals surface area contributed by atoms with Gasteiger partial charge >= 0.3 is 6.61 Å². The molecule has 3 rings (SSSR count). The number of aromatic nitrogens is 2. The first kappa shape index (κ1) is 13.4. The monoisotopic (exact) mass is 296 g/mol. The number of nitrogens with zero attached hydrogens (tertiary/aromatic N) is 1. The third-order valence-electron chi connectivity index (χ3n) is 2.86. The predicted octanol–water partition coefficient (Wildman–Crippen LogP) is 4.11. The summed E-state index contributed by atoms with van der Waals surface area (Å²) in [6.45, 7) is -3.00. The van der Waals surface area contributed by atoms with E-state index in [0.717, 1.165) is 6.07 Å². The lowest BCUT2D eigenvalue weighted by molar-refractivity contribution is -0.0494. The van der Waals surface area contributed by atoms with Gasteiger partial charge in [0, 0.05) is 6.07 Å². The second kappa shape index (κ2) is 5.08. The Morgan fingerprint density at radius 1 is 1.10 bits per heavy atom. The molecule has 0 bridgehead atoms. The van der Waals surface area contributed by atoms with Gasteiger partial charge in [0.1, 0.15) is 22.9 Å². The Balaban J connectivity index is 2.15. The summed E-state index contributed by atoms with van der Waals surface area (Å²) in [6.07, 6.45) is 0. The van der Waals surface area contributed by atoms with Crippen LogP contribution in [-0.4, -0.2) is 16.6 Å². The minimum absolute atomic E-state index is 0.0711. The largest absolute Gasteiger partial charge is 0.434 e. The highest BCUT2D eigenvalue weighted by Gasteiger charge is 2.15. The Bertz CT molecular complexity index is 801. The van der Waals surface area contributed by atoms with E-state index in [4.69, 9.17) is 0 Å². The fourth-order valence-corrected chi connectivity index (χ4v) is 2.03. The number of halogens is 4. The molecule has 0 radical (unpaired) electrons. The summed E-state index contributed by atoms with van der Waals surface area (Å²) < 4.78 is 55.9. The smallest absolute Gasteiger partial charge is 0.387 e. The van der Waals surface area contributed by atoms with Crippen LogP contribution in [0.1, 0.15) is 0 Å². The van der Waals surface area contributed by atoms with Crippen LogP contribution >= 0.6 is 0 Å². The van der Waals surface area contributed by atoms with E-state index in [2.05, 4.69) is 14.7 Å². The quantitative estimate of drug-likeness (QED) is 0.739. The van der Waals surface area contributed by atoms with E-state index in [-0.39, 0.29) is 28.2 Å². The standard InChI is InChI=1S/C14H8F4N2O/c15-7-5-9(16)12-10(6-7)19-13(20-12)8-3-1-2-4-11(8)21-14(17)18/h1-6,14H,(H,19,20). The number of H-pyrrole nitrogens is 1. The molecule has 108 valence electrons. The van der Waals surface area contributed by atoms with Gasteiger partial charge in [-0.3, -0.25) is 0 Å². The molecule has 1 aromatic heterocycles. The highest BCUT2D eigenvalue weighted by Crippen LogP contribution is 2.31. The van der Waals surface area contributed by atoms with Gasteiger partial charge in [0.2, 0.25) is 0 Å². The third kappa shape index (κ3) is 2.54. The normalized spacial score (nSPS) is 11.3. The fraction of sp³-hybridized carbons (Fsp3) is 0.0714. The van der Waals surface area contributed by atoms with Crippen LogP contribution in [-0.2, 0) is 0 Å². The summed E-state index contributed by atoms with van der Waals surface area (Å²) in [4.78, 5) is 6.66. The molecule has 0 aliphatic heterocycles. The molecule has 0 spiro atoms. The molecule has 7 heteroatoms. The van der Waals surface area contributed by atoms with E-state index in [0.29, 0.717) is 6.07 Å². The van der Waals surface area contributed by atoms with Gasteiger partial charge in [-0.25, -0.2) is 13.8 Å². The van der Waals surface area contributed by atoms with Crippen molar-refractivity contribution in [3.63, 3.8) is 0 Å². The molecule has 0 saturated carbocycles. The molecule has 3 aromatic rings. The molecule has 0 saturated heterocycles. The Morgan fingerprint density at radius 2 is 1.86 bits per heavy atom. The maximum Gasteiger partial charge on any atom is 0.387 e. The number of nitrogens with one attached hydrogen (secondary N) is 1. The second-order valence-electron chi connectivity index (χ2n) is 4.24. The van der Waals surface area contributed by atoms with Crippen molar-refractivity contribution >= 4 is 11.0 Å². The van der Waals surface area contributed by atoms with Crippen LogP contribution in [0.25, 0.3) is 22.4 Å². The molecule has 0 aliphatic carbocycles. The minimum atomic E-state index is -3.00. The first-order valence-corrected chi connectivity index (χ1v) is 5.93. The summed E-state index contributed by atoms with van der Waals surface area (Å²) >= 11 is 0. The molecular formula is C14H8F4N2O. The first-order chi connectivity index (χ1) is 10.0. The molecule has 0 amide bonds. The number of hydrogen-bond donors (Lipinski definition) is 1. The Labute approximate surface area is 116 Å². The van der Waals surface area contributed by atoms with Gasteiger partial charge in [-0.1, -0.05) is 12.1 Å². The first-order valence-electron chi connectivity index (χ1n) is 5.93. The van der Waals surface area contributed by atoms with Gasteiger partial charge in [0.15, 0.2) is 5.82 Å². The average Bonchev–Trinajstić information content (AvgIpc) is 2.82. The van der Waals surface area contributed by atoms with Crippen LogP contribution < -0.4 is 4.74 Å². The minimum Gasteiger partial charge on any atom is -0.434 e. The predicted molar refractivity (Wildman–Crippen MR) is 68.1 cm³/mol. The van der Waals surface area contributed by atoms with E-state index in [1.54, 1.807) is 6.07 Å².